The van der Waals surface area contributed by atoms with Gasteiger partial charge in [0.15, 0.2) is 40.4 Å². The summed E-state index contributed by atoms with van der Waals surface area (Å²) in [6, 6.07) is 5.86. The van der Waals surface area contributed by atoms with E-state index in [0.29, 0.717) is 19.7 Å². The molecule has 4 rings (SSSR count). The first kappa shape index (κ1) is 33.0. The molecular weight excluding hydrogens is 639 g/mol. The molecule has 0 bridgehead atoms. The molecule has 2 aromatic heterocycles. The van der Waals surface area contributed by atoms with Crippen LogP contribution in [0.25, 0.3) is 20.2 Å². The van der Waals surface area contributed by atoms with Crippen LogP contribution in [0.3, 0.4) is 0 Å². The van der Waals surface area contributed by atoms with Crippen molar-refractivity contribution in [2.24, 2.45) is 11.8 Å². The van der Waals surface area contributed by atoms with E-state index in [0.717, 1.165) is 22.7 Å². The zero-order valence-corrected chi connectivity index (χ0v) is 26.2. The summed E-state index contributed by atoms with van der Waals surface area (Å²) < 4.78 is 33.1. The molecule has 0 saturated heterocycles. The van der Waals surface area contributed by atoms with Gasteiger partial charge in [-0.1, -0.05) is 25.4 Å². The van der Waals surface area contributed by atoms with E-state index in [2.05, 4.69) is 0 Å². The molecule has 2 atom stereocenters. The number of phenols is 1. The number of carbonyl (C=O) groups excluding carboxylic acids is 2. The molecule has 0 saturated carbocycles. The Bertz CT molecular complexity index is 1760. The number of rotatable bonds is 15. The Morgan fingerprint density at radius 1 is 0.841 bits per heavy atom. The van der Waals surface area contributed by atoms with Gasteiger partial charge in [-0.15, -0.1) is 22.7 Å². The van der Waals surface area contributed by atoms with Crippen molar-refractivity contribution >= 4 is 78.0 Å². The van der Waals surface area contributed by atoms with Crippen LogP contribution in [0.4, 0.5) is 4.39 Å². The second kappa shape index (κ2) is 13.8. The maximum atomic E-state index is 15.4. The molecule has 0 fully saturated rings. The maximum absolute atomic E-state index is 15.4. The van der Waals surface area contributed by atoms with Gasteiger partial charge in [-0.25, -0.2) is 4.39 Å². The summed E-state index contributed by atoms with van der Waals surface area (Å²) in [5, 5.41) is 29.4. The highest BCUT2D eigenvalue weighted by molar-refractivity contribution is 7.21. The Morgan fingerprint density at radius 3 is 1.86 bits per heavy atom. The first-order valence-electron chi connectivity index (χ1n) is 13.3. The molecule has 0 aliphatic rings. The normalized spacial score (nSPS) is 12.7. The number of Topliss-reactive ketones (excluding diaryl/α,β-unsaturated/α-hetero) is 2. The fourth-order valence-corrected chi connectivity index (χ4v) is 6.70. The number of halogens is 2. The Balaban J connectivity index is 1.42. The van der Waals surface area contributed by atoms with Crippen molar-refractivity contribution in [1.29, 1.82) is 0 Å². The zero-order chi connectivity index (χ0) is 32.3. The molecular formula is C30H28ClFO10S2. The van der Waals surface area contributed by atoms with Crippen LogP contribution in [0.2, 0.25) is 5.02 Å². The van der Waals surface area contributed by atoms with Crippen molar-refractivity contribution in [3.63, 3.8) is 0 Å². The van der Waals surface area contributed by atoms with Crippen LogP contribution in [0.1, 0.15) is 52.5 Å². The number of carboxylic acids is 2. The van der Waals surface area contributed by atoms with Crippen molar-refractivity contribution in [2.75, 3.05) is 20.3 Å². The molecule has 0 aliphatic heterocycles. The van der Waals surface area contributed by atoms with E-state index in [1.807, 2.05) is 0 Å². The monoisotopic (exact) mass is 666 g/mol. The van der Waals surface area contributed by atoms with Gasteiger partial charge in [0, 0.05) is 51.6 Å². The average Bonchev–Trinajstić information content (AvgIpc) is 3.60. The molecule has 0 radical (unpaired) electrons. The third kappa shape index (κ3) is 7.06. The molecule has 0 amide bonds. The maximum Gasteiger partial charge on any atom is 0.306 e. The Kier molecular flexibility index (Phi) is 10.3. The van der Waals surface area contributed by atoms with Crippen LogP contribution in [0.15, 0.2) is 24.3 Å². The molecule has 2 heterocycles. The quantitative estimate of drug-likeness (QED) is 0.0886. The number of ketones is 2. The summed E-state index contributed by atoms with van der Waals surface area (Å²) in [6.45, 7) is 2.88. The number of benzene rings is 2. The van der Waals surface area contributed by atoms with Gasteiger partial charge in [0.1, 0.15) is 0 Å². The van der Waals surface area contributed by atoms with Gasteiger partial charge in [-0.05, 0) is 12.1 Å². The van der Waals surface area contributed by atoms with Crippen molar-refractivity contribution in [3.05, 3.63) is 44.9 Å². The Labute approximate surface area is 263 Å². The molecule has 234 valence electrons. The lowest BCUT2D eigenvalue weighted by atomic mass is 10.0. The Hall–Kier alpha value is -3.94. The predicted octanol–water partition coefficient (Wildman–Crippen LogP) is 7.06. The van der Waals surface area contributed by atoms with Crippen LogP contribution >= 0.6 is 34.3 Å². The highest BCUT2D eigenvalue weighted by atomic mass is 35.5. The summed E-state index contributed by atoms with van der Waals surface area (Å²) in [7, 11) is 1.35. The van der Waals surface area contributed by atoms with E-state index in [4.69, 9.17) is 36.0 Å². The fourth-order valence-electron chi connectivity index (χ4n) is 4.24. The van der Waals surface area contributed by atoms with Crippen LogP contribution in [0, 0.1) is 17.7 Å². The van der Waals surface area contributed by atoms with E-state index in [-0.39, 0.29) is 76.5 Å². The largest absolute Gasteiger partial charge is 0.504 e. The van der Waals surface area contributed by atoms with Crippen molar-refractivity contribution in [1.82, 2.24) is 0 Å². The number of fused-ring (bicyclic) bond motifs is 2. The van der Waals surface area contributed by atoms with Gasteiger partial charge in [0.2, 0.25) is 0 Å². The van der Waals surface area contributed by atoms with Crippen LogP contribution in [0.5, 0.6) is 23.0 Å². The predicted molar refractivity (Wildman–Crippen MR) is 164 cm³/mol. The third-order valence-corrected chi connectivity index (χ3v) is 9.38. The molecule has 10 nitrogen and oxygen atoms in total. The SMILES string of the molecule is COc1cc2sc(C(=O)C[C@H](C)C(=O)O)cc2c(F)c1OCCCOc1c(O)cc2sc(C(=O)C[C@H](C)C(=O)O)cc2c1Cl. The van der Waals surface area contributed by atoms with Crippen LogP contribution in [-0.2, 0) is 9.59 Å². The number of carbonyl (C=O) groups is 4. The molecule has 0 aliphatic carbocycles. The molecule has 0 spiro atoms. The molecule has 0 unspecified atom stereocenters. The van der Waals surface area contributed by atoms with Gasteiger partial charge in [0.25, 0.3) is 0 Å². The number of thiophene rings is 2. The number of aliphatic carboxylic acids is 2. The number of phenolic OH excluding ortho intramolecular Hbond substituents is 1. The number of methoxy groups -OCH3 is 1. The second-order valence-corrected chi connectivity index (χ2v) is 12.6. The number of hydrogen-bond acceptors (Lipinski definition) is 10. The lowest BCUT2D eigenvalue weighted by Gasteiger charge is -2.13. The lowest BCUT2D eigenvalue weighted by molar-refractivity contribution is -0.141. The van der Waals surface area contributed by atoms with Crippen molar-refractivity contribution < 1.29 is 53.1 Å². The minimum absolute atomic E-state index is 0.00673. The number of aromatic hydroxyl groups is 1. The van der Waals surface area contributed by atoms with E-state index >= 15 is 4.39 Å². The fraction of sp³-hybridized carbons (Fsp3) is 0.333. The summed E-state index contributed by atoms with van der Waals surface area (Å²) in [6.07, 6.45) is -0.144. The smallest absolute Gasteiger partial charge is 0.306 e. The number of hydrogen-bond donors (Lipinski definition) is 3. The minimum atomic E-state index is -1.10. The van der Waals surface area contributed by atoms with E-state index in [1.165, 1.54) is 39.2 Å². The highest BCUT2D eigenvalue weighted by Crippen LogP contribution is 2.44. The standard InChI is InChI=1S/C30H28ClFO10S2/c1-13(29(36)37)7-17(33)23-9-15-21(43-23)11-19(35)27(25(15)31)41-5-4-6-42-28-20(40-3)12-22-16(26(28)32)10-24(44-22)18(34)8-14(2)30(38)39/h9-14,35H,4-8H2,1-3H3,(H,36,37)(H,38,39)/t13-,14-/m0/s1. The first-order chi connectivity index (χ1) is 20.8. The summed E-state index contributed by atoms with van der Waals surface area (Å²) >= 11 is 8.60. The van der Waals surface area contributed by atoms with Crippen molar-refractivity contribution in [3.8, 4) is 23.0 Å². The topological polar surface area (TPSA) is 157 Å². The lowest BCUT2D eigenvalue weighted by Crippen LogP contribution is -2.13. The van der Waals surface area contributed by atoms with E-state index < -0.39 is 35.4 Å². The second-order valence-electron chi connectivity index (χ2n) is 10.1. The summed E-state index contributed by atoms with van der Waals surface area (Å²) in [5.41, 5.74) is 0. The third-order valence-electron chi connectivity index (χ3n) is 6.76. The number of carboxylic acid groups (broad SMARTS) is 2. The molecule has 3 N–H and O–H groups in total. The first-order valence-corrected chi connectivity index (χ1v) is 15.4. The molecule has 4 aromatic rings. The van der Waals surface area contributed by atoms with Gasteiger partial charge < -0.3 is 29.5 Å². The molecule has 14 heteroatoms. The van der Waals surface area contributed by atoms with Gasteiger partial charge in [-0.3, -0.25) is 19.2 Å². The average molecular weight is 667 g/mol. The molecule has 44 heavy (non-hydrogen) atoms. The van der Waals surface area contributed by atoms with E-state index in [9.17, 15) is 24.3 Å². The Morgan fingerprint density at radius 2 is 1.34 bits per heavy atom. The highest BCUT2D eigenvalue weighted by Gasteiger charge is 2.24. The minimum Gasteiger partial charge on any atom is -0.504 e. The van der Waals surface area contributed by atoms with Crippen molar-refractivity contribution in [2.45, 2.75) is 33.1 Å². The summed E-state index contributed by atoms with van der Waals surface area (Å²) in [5.74, 6) is -5.68. The van der Waals surface area contributed by atoms with Gasteiger partial charge in [-0.2, -0.15) is 0 Å². The number of ether oxygens (including phenoxy) is 3. The van der Waals surface area contributed by atoms with Crippen LogP contribution in [-0.4, -0.2) is 59.1 Å². The summed E-state index contributed by atoms with van der Waals surface area (Å²) in [4.78, 5) is 47.8. The van der Waals surface area contributed by atoms with E-state index in [1.54, 1.807) is 6.07 Å². The van der Waals surface area contributed by atoms with Crippen LogP contribution < -0.4 is 14.2 Å². The molecule has 2 aromatic carbocycles. The van der Waals surface area contributed by atoms with Gasteiger partial charge >= 0.3 is 11.9 Å². The van der Waals surface area contributed by atoms with Gasteiger partial charge in [0.05, 0.1) is 46.9 Å². The zero-order valence-electron chi connectivity index (χ0n) is 23.8.